The van der Waals surface area contributed by atoms with E-state index in [2.05, 4.69) is 37.4 Å². The number of hydrogen-bond donors (Lipinski definition) is 0. The molecule has 2 saturated heterocycles. The zero-order valence-electron chi connectivity index (χ0n) is 13.5. The SMILES string of the molecule is CC(C)(C)C(=O)CC1(CN2CCCCC2)CCSCC1. The smallest absolute Gasteiger partial charge is 0.138 e. The zero-order valence-corrected chi connectivity index (χ0v) is 14.4. The molecule has 2 fully saturated rings. The number of carbonyl (C=O) groups excluding carboxylic acids is 1. The van der Waals surface area contributed by atoms with Gasteiger partial charge in [0.1, 0.15) is 5.78 Å². The molecular formula is C17H31NOS. The predicted molar refractivity (Wildman–Crippen MR) is 88.4 cm³/mol. The Kier molecular flexibility index (Phi) is 5.58. The molecule has 0 aromatic carbocycles. The molecule has 0 atom stereocenters. The van der Waals surface area contributed by atoms with Crippen molar-refractivity contribution in [3.05, 3.63) is 0 Å². The van der Waals surface area contributed by atoms with Crippen molar-refractivity contribution in [2.45, 2.75) is 59.3 Å². The van der Waals surface area contributed by atoms with E-state index in [1.165, 1.54) is 56.7 Å². The van der Waals surface area contributed by atoms with Gasteiger partial charge in [-0.1, -0.05) is 27.2 Å². The van der Waals surface area contributed by atoms with E-state index in [-0.39, 0.29) is 10.8 Å². The Balaban J connectivity index is 2.02. The Hall–Kier alpha value is -0.0200. The molecular weight excluding hydrogens is 266 g/mol. The quantitative estimate of drug-likeness (QED) is 0.782. The number of carbonyl (C=O) groups is 1. The summed E-state index contributed by atoms with van der Waals surface area (Å²) >= 11 is 2.06. The van der Waals surface area contributed by atoms with Gasteiger partial charge in [-0.05, 0) is 55.7 Å². The Morgan fingerprint density at radius 2 is 1.70 bits per heavy atom. The van der Waals surface area contributed by atoms with Crippen LogP contribution in [0.1, 0.15) is 59.3 Å². The van der Waals surface area contributed by atoms with Gasteiger partial charge < -0.3 is 4.90 Å². The second kappa shape index (κ2) is 6.83. The lowest BCUT2D eigenvalue weighted by Gasteiger charge is -2.42. The third-order valence-electron chi connectivity index (χ3n) is 4.93. The van der Waals surface area contributed by atoms with Crippen molar-refractivity contribution >= 4 is 17.5 Å². The molecule has 0 aliphatic carbocycles. The van der Waals surface area contributed by atoms with Crippen LogP contribution in [0.2, 0.25) is 0 Å². The minimum absolute atomic E-state index is 0.181. The third-order valence-corrected chi connectivity index (χ3v) is 5.92. The minimum atomic E-state index is -0.181. The Bertz CT molecular complexity index is 322. The molecule has 0 N–H and O–H groups in total. The van der Waals surface area contributed by atoms with Crippen LogP contribution in [0.25, 0.3) is 0 Å². The topological polar surface area (TPSA) is 20.3 Å². The lowest BCUT2D eigenvalue weighted by atomic mass is 9.72. The second-order valence-corrected chi connectivity index (χ2v) is 9.02. The van der Waals surface area contributed by atoms with Gasteiger partial charge >= 0.3 is 0 Å². The van der Waals surface area contributed by atoms with Gasteiger partial charge in [-0.3, -0.25) is 4.79 Å². The summed E-state index contributed by atoms with van der Waals surface area (Å²) in [5, 5.41) is 0. The number of thioether (sulfide) groups is 1. The van der Waals surface area contributed by atoms with E-state index in [4.69, 9.17) is 0 Å². The summed E-state index contributed by atoms with van der Waals surface area (Å²) in [4.78, 5) is 15.2. The van der Waals surface area contributed by atoms with Gasteiger partial charge in [-0.2, -0.15) is 11.8 Å². The average molecular weight is 298 g/mol. The largest absolute Gasteiger partial charge is 0.303 e. The Morgan fingerprint density at radius 3 is 2.25 bits per heavy atom. The summed E-state index contributed by atoms with van der Waals surface area (Å²) in [6.07, 6.45) is 7.34. The molecule has 0 aromatic rings. The lowest BCUT2D eigenvalue weighted by Crippen LogP contribution is -2.44. The number of rotatable bonds is 4. The van der Waals surface area contributed by atoms with E-state index in [9.17, 15) is 4.79 Å². The highest BCUT2D eigenvalue weighted by molar-refractivity contribution is 7.99. The molecule has 0 unspecified atom stereocenters. The second-order valence-electron chi connectivity index (χ2n) is 7.80. The molecule has 2 aliphatic rings. The number of ketones is 1. The van der Waals surface area contributed by atoms with Gasteiger partial charge in [0.15, 0.2) is 0 Å². The van der Waals surface area contributed by atoms with Crippen LogP contribution in [0.15, 0.2) is 0 Å². The minimum Gasteiger partial charge on any atom is -0.303 e. The van der Waals surface area contributed by atoms with E-state index in [0.29, 0.717) is 5.78 Å². The van der Waals surface area contributed by atoms with Gasteiger partial charge in [0, 0.05) is 18.4 Å². The Morgan fingerprint density at radius 1 is 1.10 bits per heavy atom. The number of piperidine rings is 1. The molecule has 3 heteroatoms. The maximum atomic E-state index is 12.6. The zero-order chi connectivity index (χ0) is 14.6. The molecule has 0 aromatic heterocycles. The fourth-order valence-electron chi connectivity index (χ4n) is 3.39. The fourth-order valence-corrected chi connectivity index (χ4v) is 4.75. The highest BCUT2D eigenvalue weighted by atomic mass is 32.2. The standard InChI is InChI=1S/C17H31NOS/c1-16(2,3)15(19)13-17(7-11-20-12-8-17)14-18-9-5-4-6-10-18/h4-14H2,1-3H3. The highest BCUT2D eigenvalue weighted by Gasteiger charge is 2.38. The first-order valence-corrected chi connectivity index (χ1v) is 9.40. The maximum Gasteiger partial charge on any atom is 0.138 e. The number of nitrogens with zero attached hydrogens (tertiary/aromatic N) is 1. The molecule has 20 heavy (non-hydrogen) atoms. The number of Topliss-reactive ketones (excluding diaryl/α,β-unsaturated/α-hetero) is 1. The van der Waals surface area contributed by atoms with Crippen molar-refractivity contribution in [3.8, 4) is 0 Å². The molecule has 0 saturated carbocycles. The first kappa shape index (κ1) is 16.4. The number of hydrogen-bond acceptors (Lipinski definition) is 3. The first-order valence-electron chi connectivity index (χ1n) is 8.25. The first-order chi connectivity index (χ1) is 9.41. The summed E-state index contributed by atoms with van der Waals surface area (Å²) < 4.78 is 0. The van der Waals surface area contributed by atoms with Crippen LogP contribution in [-0.4, -0.2) is 41.8 Å². The summed E-state index contributed by atoms with van der Waals surface area (Å²) in [5.41, 5.74) is 0.0897. The highest BCUT2D eigenvalue weighted by Crippen LogP contribution is 2.41. The van der Waals surface area contributed by atoms with Gasteiger partial charge in [0.2, 0.25) is 0 Å². The monoisotopic (exact) mass is 297 g/mol. The molecule has 0 spiro atoms. The van der Waals surface area contributed by atoms with Crippen LogP contribution in [0, 0.1) is 10.8 Å². The van der Waals surface area contributed by atoms with Crippen LogP contribution in [0.4, 0.5) is 0 Å². The number of likely N-dealkylation sites (tertiary alicyclic amines) is 1. The van der Waals surface area contributed by atoms with E-state index in [1.807, 2.05) is 0 Å². The summed E-state index contributed by atoms with van der Waals surface area (Å²) in [5.74, 6) is 2.94. The molecule has 0 radical (unpaired) electrons. The van der Waals surface area contributed by atoms with Crippen molar-refractivity contribution in [2.24, 2.45) is 10.8 Å². The molecule has 116 valence electrons. The maximum absolute atomic E-state index is 12.6. The summed E-state index contributed by atoms with van der Waals surface area (Å²) in [7, 11) is 0. The molecule has 2 rings (SSSR count). The van der Waals surface area contributed by atoms with E-state index < -0.39 is 0 Å². The summed E-state index contributed by atoms with van der Waals surface area (Å²) in [6, 6.07) is 0. The Labute approximate surface area is 129 Å². The lowest BCUT2D eigenvalue weighted by molar-refractivity contribution is -0.129. The fraction of sp³-hybridized carbons (Fsp3) is 0.941. The van der Waals surface area contributed by atoms with Crippen molar-refractivity contribution in [2.75, 3.05) is 31.1 Å². The van der Waals surface area contributed by atoms with Crippen LogP contribution < -0.4 is 0 Å². The van der Waals surface area contributed by atoms with Gasteiger partial charge in [-0.25, -0.2) is 0 Å². The van der Waals surface area contributed by atoms with E-state index in [0.717, 1.165) is 13.0 Å². The molecule has 2 aliphatic heterocycles. The van der Waals surface area contributed by atoms with Crippen molar-refractivity contribution in [3.63, 3.8) is 0 Å². The van der Waals surface area contributed by atoms with Crippen LogP contribution in [0.5, 0.6) is 0 Å². The molecule has 0 bridgehead atoms. The third kappa shape index (κ3) is 4.49. The van der Waals surface area contributed by atoms with Crippen molar-refractivity contribution in [1.82, 2.24) is 4.90 Å². The van der Waals surface area contributed by atoms with Gasteiger partial charge in [-0.15, -0.1) is 0 Å². The molecule has 2 nitrogen and oxygen atoms in total. The average Bonchev–Trinajstić information content (AvgIpc) is 2.39. The molecule has 2 heterocycles. The summed E-state index contributed by atoms with van der Waals surface area (Å²) in [6.45, 7) is 9.87. The van der Waals surface area contributed by atoms with Crippen LogP contribution >= 0.6 is 11.8 Å². The van der Waals surface area contributed by atoms with E-state index >= 15 is 0 Å². The van der Waals surface area contributed by atoms with Crippen molar-refractivity contribution in [1.29, 1.82) is 0 Å². The predicted octanol–water partition coefficient (Wildman–Crippen LogP) is 3.99. The van der Waals surface area contributed by atoms with Gasteiger partial charge in [0.05, 0.1) is 0 Å². The normalized spacial score (nSPS) is 24.6. The molecule has 0 amide bonds. The van der Waals surface area contributed by atoms with Crippen molar-refractivity contribution < 1.29 is 4.79 Å². The van der Waals surface area contributed by atoms with Gasteiger partial charge in [0.25, 0.3) is 0 Å². The van der Waals surface area contributed by atoms with Crippen LogP contribution in [-0.2, 0) is 4.79 Å². The van der Waals surface area contributed by atoms with E-state index in [1.54, 1.807) is 0 Å². The van der Waals surface area contributed by atoms with Crippen LogP contribution in [0.3, 0.4) is 0 Å².